The molecular weight excluding hydrogens is 637 g/mol. The van der Waals surface area contributed by atoms with Crippen LogP contribution in [-0.4, -0.2) is 87.2 Å². The van der Waals surface area contributed by atoms with Crippen molar-refractivity contribution in [3.8, 4) is 0 Å². The number of fused-ring (bicyclic) bond motifs is 2. The molecule has 2 aliphatic heterocycles. The van der Waals surface area contributed by atoms with Crippen molar-refractivity contribution in [1.29, 1.82) is 0 Å². The molecule has 0 bridgehead atoms. The summed E-state index contributed by atoms with van der Waals surface area (Å²) in [5, 5.41) is 34.0. The van der Waals surface area contributed by atoms with Crippen LogP contribution in [0.5, 0.6) is 0 Å². The van der Waals surface area contributed by atoms with Crippen molar-refractivity contribution in [2.45, 2.75) is 37.3 Å². The van der Waals surface area contributed by atoms with Gasteiger partial charge in [-0.3, -0.25) is 14.5 Å². The number of hydrogen-bond acceptors (Lipinski definition) is 15. The highest BCUT2D eigenvalue weighted by molar-refractivity contribution is 8.00. The molecule has 0 spiro atoms. The average molecular weight is 661 g/mol. The van der Waals surface area contributed by atoms with E-state index in [1.165, 1.54) is 9.90 Å². The molecule has 2 amide bonds. The van der Waals surface area contributed by atoms with Crippen LogP contribution in [0.3, 0.4) is 0 Å². The predicted octanol–water partition coefficient (Wildman–Crippen LogP) is -2.00. The van der Waals surface area contributed by atoms with Crippen molar-refractivity contribution < 1.29 is 38.7 Å². The number of aliphatic carboxylic acids is 2. The van der Waals surface area contributed by atoms with Crippen LogP contribution < -0.4 is 26.4 Å². The highest BCUT2D eigenvalue weighted by Crippen LogP contribution is 2.47. The summed E-state index contributed by atoms with van der Waals surface area (Å²) >= 11 is 7.28. The number of thiocarbonyl (C=S) groups is 1. The van der Waals surface area contributed by atoms with Gasteiger partial charge in [0.05, 0.1) is 30.4 Å². The Kier molecular flexibility index (Phi) is 7.99. The summed E-state index contributed by atoms with van der Waals surface area (Å²) in [6, 6.07) is 1.57. The summed E-state index contributed by atoms with van der Waals surface area (Å²) in [5.74, 6) is -4.05. The number of anilines is 2. The Morgan fingerprint density at radius 1 is 1.41 bits per heavy atom. The highest BCUT2D eigenvalue weighted by Gasteiger charge is 2.64. The molecule has 0 aromatic carbocycles. The fourth-order valence-electron chi connectivity index (χ4n) is 4.67. The van der Waals surface area contributed by atoms with Gasteiger partial charge >= 0.3 is 5.97 Å². The van der Waals surface area contributed by atoms with Gasteiger partial charge in [-0.1, -0.05) is 38.9 Å². The first-order valence-corrected chi connectivity index (χ1v) is 15.1. The molecule has 6 N–H and O–H groups in total. The van der Waals surface area contributed by atoms with E-state index in [-0.39, 0.29) is 40.2 Å². The lowest BCUT2D eigenvalue weighted by molar-refractivity contribution is -0.584. The Morgan fingerprint density at radius 3 is 2.73 bits per heavy atom. The van der Waals surface area contributed by atoms with Crippen molar-refractivity contribution in [3.05, 3.63) is 34.5 Å². The standard InChI is InChI=1S/C24H24N10O7S3/c1-4-12(19(36)37)41-31-15(11-7-44-23(26)27-11)18(35)29-24(8-42)21(40)33-16(20(38)39)10(6-43-22(24)33)17-28-13(25)5-14-32(3)9(2)30-34(14)17/h5,7-8,12,22,25H,4,6H2,1-3H3,(H5,26,27,29,35,36,37,38,39)/b31-15-/t12-,22+,24?/m1/s1. The first kappa shape index (κ1) is 30.8. The number of oxime groups is 1. The van der Waals surface area contributed by atoms with E-state index in [1.807, 2.05) is 0 Å². The van der Waals surface area contributed by atoms with Crippen molar-refractivity contribution in [3.63, 3.8) is 0 Å². The van der Waals surface area contributed by atoms with Gasteiger partial charge in [0.15, 0.2) is 22.2 Å². The van der Waals surface area contributed by atoms with Crippen LogP contribution in [0.25, 0.3) is 11.2 Å². The van der Waals surface area contributed by atoms with Gasteiger partial charge < -0.3 is 36.6 Å². The van der Waals surface area contributed by atoms with Crippen LogP contribution in [-0.2, 0) is 31.1 Å². The number of carboxylic acid groups (broad SMARTS) is 2. The van der Waals surface area contributed by atoms with Gasteiger partial charge in [-0.05, 0) is 6.42 Å². The molecule has 3 aromatic rings. The molecular formula is C24H24N10O7S3. The molecule has 20 heteroatoms. The largest absolute Gasteiger partial charge is 0.543 e. The van der Waals surface area contributed by atoms with Gasteiger partial charge in [0.25, 0.3) is 23.3 Å². The van der Waals surface area contributed by atoms with Crippen molar-refractivity contribution in [2.24, 2.45) is 12.2 Å². The monoisotopic (exact) mass is 660 g/mol. The number of nitrogens with one attached hydrogen (secondary N) is 1. The van der Waals surface area contributed by atoms with E-state index in [9.17, 15) is 29.4 Å². The molecule has 44 heavy (non-hydrogen) atoms. The number of aromatic nitrogens is 5. The normalized spacial score (nSPS) is 20.6. The number of rotatable bonds is 10. The molecule has 5 rings (SSSR count). The van der Waals surface area contributed by atoms with Crippen LogP contribution in [0.1, 0.15) is 30.7 Å². The molecule has 1 saturated heterocycles. The highest BCUT2D eigenvalue weighted by atomic mass is 32.2. The first-order chi connectivity index (χ1) is 20.8. The number of hydrogen-bond donors (Lipinski definition) is 4. The summed E-state index contributed by atoms with van der Waals surface area (Å²) in [7, 11) is 1.75. The third-order valence-electron chi connectivity index (χ3n) is 6.98. The zero-order valence-electron chi connectivity index (χ0n) is 23.2. The van der Waals surface area contributed by atoms with Crippen molar-refractivity contribution >= 4 is 92.3 Å². The van der Waals surface area contributed by atoms with E-state index >= 15 is 0 Å². The van der Waals surface area contributed by atoms with Crippen LogP contribution >= 0.6 is 35.3 Å². The lowest BCUT2D eigenvalue weighted by Crippen LogP contribution is -2.81. The van der Waals surface area contributed by atoms with Gasteiger partial charge in [0, 0.05) is 23.4 Å². The summed E-state index contributed by atoms with van der Waals surface area (Å²) in [6.45, 7) is 3.29. The molecule has 0 saturated carbocycles. The Bertz CT molecular complexity index is 1820. The average Bonchev–Trinajstić information content (AvgIpc) is 3.54. The summed E-state index contributed by atoms with van der Waals surface area (Å²) in [6.07, 6.45) is -1.33. The second-order valence-corrected chi connectivity index (χ2v) is 11.8. The minimum atomic E-state index is -1.87. The number of amides is 2. The van der Waals surface area contributed by atoms with E-state index in [2.05, 4.69) is 25.5 Å². The van der Waals surface area contributed by atoms with E-state index in [1.54, 1.807) is 31.5 Å². The summed E-state index contributed by atoms with van der Waals surface area (Å²) < 4.78 is 3.16. The van der Waals surface area contributed by atoms with Gasteiger partial charge in [-0.25, -0.2) is 14.3 Å². The lowest BCUT2D eigenvalue weighted by Gasteiger charge is -2.56. The Balaban J connectivity index is 1.53. The molecule has 3 aromatic heterocycles. The first-order valence-electron chi connectivity index (χ1n) is 12.7. The molecule has 1 unspecified atom stereocenters. The lowest BCUT2D eigenvalue weighted by atomic mass is 9.87. The number of thiazole rings is 1. The van der Waals surface area contributed by atoms with E-state index in [4.69, 9.17) is 28.5 Å². The molecule has 17 nitrogen and oxygen atoms in total. The van der Waals surface area contributed by atoms with Crippen LogP contribution in [0.15, 0.2) is 22.3 Å². The van der Waals surface area contributed by atoms with Gasteiger partial charge in [0.2, 0.25) is 11.9 Å². The zero-order chi connectivity index (χ0) is 32.1. The van der Waals surface area contributed by atoms with Crippen molar-refractivity contribution in [1.82, 2.24) is 29.9 Å². The zero-order valence-corrected chi connectivity index (χ0v) is 25.7. The number of β-lactam (4-membered cyclic amide) rings is 1. The SMILES string of the molecule is CC[C@@H](O/N=C(\C(=O)NC1(C=S)C(=O)N2C(C(=O)[O-])=C(c3nc(N)cc4n(C)c(C)n[n+]34)CS[C@H]21)c1csc(N)n1)C(=O)O. The molecule has 2 aliphatic rings. The van der Waals surface area contributed by atoms with Crippen LogP contribution in [0.4, 0.5) is 10.9 Å². The van der Waals surface area contributed by atoms with E-state index in [0.29, 0.717) is 11.5 Å². The number of carboxylic acids is 2. The Labute approximate surface area is 261 Å². The second kappa shape index (κ2) is 11.4. The minimum Gasteiger partial charge on any atom is -0.543 e. The third kappa shape index (κ3) is 4.89. The number of aryl methyl sites for hydroxylation is 2. The fourth-order valence-corrected chi connectivity index (χ4v) is 7.02. The minimum absolute atomic E-state index is 0.00377. The number of carbonyl (C=O) groups excluding carboxylic acids is 3. The Morgan fingerprint density at radius 2 is 2.14 bits per heavy atom. The maximum absolute atomic E-state index is 13.8. The maximum atomic E-state index is 13.8. The summed E-state index contributed by atoms with van der Waals surface area (Å²) in [4.78, 5) is 65.7. The molecule has 230 valence electrons. The Hall–Kier alpha value is -4.69. The van der Waals surface area contributed by atoms with Gasteiger partial charge in [-0.15, -0.1) is 23.1 Å². The topological polar surface area (TPSA) is 248 Å². The van der Waals surface area contributed by atoms with Crippen LogP contribution in [0.2, 0.25) is 0 Å². The van der Waals surface area contributed by atoms with Crippen LogP contribution in [0, 0.1) is 6.92 Å². The van der Waals surface area contributed by atoms with Crippen molar-refractivity contribution in [2.75, 3.05) is 17.2 Å². The number of carbonyl (C=O) groups is 4. The quantitative estimate of drug-likeness (QED) is 0.0604. The molecule has 0 radical (unpaired) electrons. The fraction of sp³-hybridized carbons (Fsp3) is 0.333. The molecule has 3 atom stereocenters. The van der Waals surface area contributed by atoms with Gasteiger partial charge in [-0.2, -0.15) is 0 Å². The second-order valence-electron chi connectivity index (χ2n) is 9.63. The predicted molar refractivity (Wildman–Crippen MR) is 159 cm³/mol. The molecule has 5 heterocycles. The number of nitrogens with zero attached hydrogens (tertiary/aromatic N) is 7. The smallest absolute Gasteiger partial charge is 0.347 e. The maximum Gasteiger partial charge on any atom is 0.347 e. The summed E-state index contributed by atoms with van der Waals surface area (Å²) in [5.41, 5.74) is 9.55. The third-order valence-corrected chi connectivity index (χ3v) is 9.38. The number of thioether (sulfide) groups is 1. The number of nitrogens with two attached hydrogens (primary N) is 2. The number of nitrogen functional groups attached to an aromatic ring is 2. The van der Waals surface area contributed by atoms with E-state index < -0.39 is 52.2 Å². The van der Waals surface area contributed by atoms with Gasteiger partial charge in [0.1, 0.15) is 11.1 Å². The molecule has 0 aliphatic carbocycles. The van der Waals surface area contributed by atoms with E-state index in [0.717, 1.165) is 33.4 Å². The molecule has 1 fully saturated rings.